The van der Waals surface area contributed by atoms with E-state index < -0.39 is 0 Å². The molecular formula is C23H24N2O3. The molecule has 0 aliphatic carbocycles. The third-order valence-electron chi connectivity index (χ3n) is 4.33. The molecule has 3 aromatic carbocycles. The Labute approximate surface area is 164 Å². The van der Waals surface area contributed by atoms with Crippen molar-refractivity contribution in [1.29, 1.82) is 0 Å². The Kier molecular flexibility index (Phi) is 5.94. The van der Waals surface area contributed by atoms with E-state index in [9.17, 15) is 9.59 Å². The molecule has 0 spiro atoms. The van der Waals surface area contributed by atoms with Crippen LogP contribution < -0.4 is 15.0 Å². The van der Waals surface area contributed by atoms with Gasteiger partial charge < -0.3 is 15.0 Å². The number of nitrogens with zero attached hydrogens (tertiary/aromatic N) is 1. The normalized spacial score (nSPS) is 10.7. The highest BCUT2D eigenvalue weighted by Crippen LogP contribution is 2.28. The van der Waals surface area contributed by atoms with Crippen molar-refractivity contribution in [3.05, 3.63) is 72.3 Å². The fourth-order valence-corrected chi connectivity index (χ4v) is 2.96. The van der Waals surface area contributed by atoms with Crippen LogP contribution in [0.25, 0.3) is 10.8 Å². The number of para-hydroxylation sites is 1. The van der Waals surface area contributed by atoms with Crippen molar-refractivity contribution in [2.75, 3.05) is 18.6 Å². The molecule has 0 heterocycles. The molecule has 144 valence electrons. The summed E-state index contributed by atoms with van der Waals surface area (Å²) < 4.78 is 5.76. The molecule has 3 aromatic rings. The van der Waals surface area contributed by atoms with Crippen molar-refractivity contribution in [3.8, 4) is 5.75 Å². The van der Waals surface area contributed by atoms with E-state index in [0.717, 1.165) is 16.5 Å². The van der Waals surface area contributed by atoms with Crippen molar-refractivity contribution in [2.45, 2.75) is 19.9 Å². The van der Waals surface area contributed by atoms with Crippen LogP contribution in [0.2, 0.25) is 0 Å². The van der Waals surface area contributed by atoms with Gasteiger partial charge in [0.25, 0.3) is 11.8 Å². The standard InChI is InChI=1S/C23H24N2O3/c1-16(2)24-22(26)15-28-21-14-18-10-8-7-9-17(18)13-20(21)23(27)25(3)19-11-5-4-6-12-19/h4-14,16H,15H2,1-3H3,(H,24,26). The van der Waals surface area contributed by atoms with E-state index in [1.165, 1.54) is 0 Å². The van der Waals surface area contributed by atoms with Crippen LogP contribution in [0.5, 0.6) is 5.75 Å². The summed E-state index contributed by atoms with van der Waals surface area (Å²) >= 11 is 0. The molecule has 0 radical (unpaired) electrons. The molecule has 0 aliphatic rings. The molecular weight excluding hydrogens is 352 g/mol. The van der Waals surface area contributed by atoms with Crippen LogP contribution in [0.15, 0.2) is 66.7 Å². The Morgan fingerprint density at radius 1 is 0.964 bits per heavy atom. The van der Waals surface area contributed by atoms with Crippen molar-refractivity contribution in [2.24, 2.45) is 0 Å². The van der Waals surface area contributed by atoms with E-state index in [2.05, 4.69) is 5.32 Å². The molecule has 0 saturated carbocycles. The quantitative estimate of drug-likeness (QED) is 0.707. The lowest BCUT2D eigenvalue weighted by molar-refractivity contribution is -0.123. The topological polar surface area (TPSA) is 58.6 Å². The summed E-state index contributed by atoms with van der Waals surface area (Å²) in [5.41, 5.74) is 1.20. The monoisotopic (exact) mass is 376 g/mol. The number of benzene rings is 3. The SMILES string of the molecule is CC(C)NC(=O)COc1cc2ccccc2cc1C(=O)N(C)c1ccccc1. The van der Waals surface area contributed by atoms with Gasteiger partial charge in [0, 0.05) is 18.8 Å². The minimum Gasteiger partial charge on any atom is -0.483 e. The maximum Gasteiger partial charge on any atom is 0.261 e. The second-order valence-electron chi connectivity index (χ2n) is 6.91. The second-order valence-corrected chi connectivity index (χ2v) is 6.91. The number of nitrogens with one attached hydrogen (secondary N) is 1. The molecule has 5 heteroatoms. The number of rotatable bonds is 6. The summed E-state index contributed by atoms with van der Waals surface area (Å²) in [4.78, 5) is 26.7. The van der Waals surface area contributed by atoms with Gasteiger partial charge in [0.15, 0.2) is 6.61 Å². The van der Waals surface area contributed by atoms with Crippen LogP contribution >= 0.6 is 0 Å². The smallest absolute Gasteiger partial charge is 0.261 e. The Morgan fingerprint density at radius 2 is 1.57 bits per heavy atom. The molecule has 28 heavy (non-hydrogen) atoms. The molecule has 0 unspecified atom stereocenters. The highest BCUT2D eigenvalue weighted by Gasteiger charge is 2.20. The molecule has 0 bridgehead atoms. The summed E-state index contributed by atoms with van der Waals surface area (Å²) in [6, 6.07) is 20.8. The van der Waals surface area contributed by atoms with Crippen LogP contribution in [-0.2, 0) is 4.79 Å². The van der Waals surface area contributed by atoms with Gasteiger partial charge in [-0.25, -0.2) is 0 Å². The predicted molar refractivity (Wildman–Crippen MR) is 112 cm³/mol. The van der Waals surface area contributed by atoms with Gasteiger partial charge in [0.05, 0.1) is 5.56 Å². The Hall–Kier alpha value is -3.34. The maximum absolute atomic E-state index is 13.2. The number of hydrogen-bond donors (Lipinski definition) is 1. The summed E-state index contributed by atoms with van der Waals surface area (Å²) in [6.45, 7) is 3.63. The number of hydrogen-bond acceptors (Lipinski definition) is 3. The summed E-state index contributed by atoms with van der Waals surface area (Å²) in [6.07, 6.45) is 0. The van der Waals surface area contributed by atoms with Gasteiger partial charge in [0.2, 0.25) is 0 Å². The Bertz CT molecular complexity index is 984. The van der Waals surface area contributed by atoms with Crippen molar-refractivity contribution >= 4 is 28.3 Å². The summed E-state index contributed by atoms with van der Waals surface area (Å²) in [7, 11) is 1.72. The molecule has 0 atom stereocenters. The highest BCUT2D eigenvalue weighted by atomic mass is 16.5. The zero-order valence-electron chi connectivity index (χ0n) is 16.3. The Balaban J connectivity index is 1.94. The minimum atomic E-state index is -0.224. The van der Waals surface area contributed by atoms with Gasteiger partial charge in [-0.2, -0.15) is 0 Å². The van der Waals surface area contributed by atoms with E-state index in [1.54, 1.807) is 11.9 Å². The van der Waals surface area contributed by atoms with Gasteiger partial charge in [0.1, 0.15) is 5.75 Å². The van der Waals surface area contributed by atoms with E-state index >= 15 is 0 Å². The second kappa shape index (κ2) is 8.57. The van der Waals surface area contributed by atoms with E-state index in [-0.39, 0.29) is 24.5 Å². The zero-order chi connectivity index (χ0) is 20.1. The molecule has 0 aromatic heterocycles. The first-order valence-corrected chi connectivity index (χ1v) is 9.24. The van der Waals surface area contributed by atoms with Crippen molar-refractivity contribution in [1.82, 2.24) is 5.32 Å². The number of amides is 2. The molecule has 0 fully saturated rings. The largest absolute Gasteiger partial charge is 0.483 e. The molecule has 1 N–H and O–H groups in total. The van der Waals surface area contributed by atoms with Crippen molar-refractivity contribution in [3.63, 3.8) is 0 Å². The van der Waals surface area contributed by atoms with E-state index in [1.807, 2.05) is 80.6 Å². The first-order valence-electron chi connectivity index (χ1n) is 9.24. The van der Waals surface area contributed by atoms with Crippen molar-refractivity contribution < 1.29 is 14.3 Å². The molecule has 3 rings (SSSR count). The van der Waals surface area contributed by atoms with Gasteiger partial charge in [-0.3, -0.25) is 9.59 Å². The third-order valence-corrected chi connectivity index (χ3v) is 4.33. The van der Waals surface area contributed by atoms with Gasteiger partial charge in [-0.15, -0.1) is 0 Å². The number of carbonyl (C=O) groups excluding carboxylic acids is 2. The van der Waals surface area contributed by atoms with Gasteiger partial charge in [-0.1, -0.05) is 42.5 Å². The highest BCUT2D eigenvalue weighted by molar-refractivity contribution is 6.10. The van der Waals surface area contributed by atoms with Gasteiger partial charge >= 0.3 is 0 Å². The average Bonchev–Trinajstić information content (AvgIpc) is 2.70. The van der Waals surface area contributed by atoms with Crippen LogP contribution in [0, 0.1) is 0 Å². The zero-order valence-corrected chi connectivity index (χ0v) is 16.3. The van der Waals surface area contributed by atoms with Crippen LogP contribution in [0.3, 0.4) is 0 Å². The van der Waals surface area contributed by atoms with Crippen LogP contribution in [0.4, 0.5) is 5.69 Å². The Morgan fingerprint density at radius 3 is 2.21 bits per heavy atom. The average molecular weight is 376 g/mol. The fraction of sp³-hybridized carbons (Fsp3) is 0.217. The first kappa shape index (κ1) is 19.4. The third kappa shape index (κ3) is 4.49. The first-order chi connectivity index (χ1) is 13.5. The number of ether oxygens (including phenoxy) is 1. The summed E-state index contributed by atoms with van der Waals surface area (Å²) in [5, 5.41) is 4.67. The molecule has 2 amide bonds. The summed E-state index contributed by atoms with van der Waals surface area (Å²) in [5.74, 6) is -0.0282. The minimum absolute atomic E-state index is 0.0259. The van der Waals surface area contributed by atoms with Gasteiger partial charge in [-0.05, 0) is 48.9 Å². The van der Waals surface area contributed by atoms with Crippen LogP contribution in [-0.4, -0.2) is 31.5 Å². The predicted octanol–water partition coefficient (Wildman–Crippen LogP) is 4.02. The van der Waals surface area contributed by atoms with E-state index in [0.29, 0.717) is 11.3 Å². The number of fused-ring (bicyclic) bond motifs is 1. The maximum atomic E-state index is 13.2. The number of carbonyl (C=O) groups is 2. The number of anilines is 1. The van der Waals surface area contributed by atoms with Crippen LogP contribution in [0.1, 0.15) is 24.2 Å². The molecule has 0 aliphatic heterocycles. The lowest BCUT2D eigenvalue weighted by atomic mass is 10.0. The molecule has 0 saturated heterocycles. The lowest BCUT2D eigenvalue weighted by Crippen LogP contribution is -2.34. The fourth-order valence-electron chi connectivity index (χ4n) is 2.96. The lowest BCUT2D eigenvalue weighted by Gasteiger charge is -2.20. The van der Waals surface area contributed by atoms with E-state index in [4.69, 9.17) is 4.74 Å². The molecule has 5 nitrogen and oxygen atoms in total.